The molecule has 0 saturated heterocycles. The maximum atomic E-state index is 10.7. The monoisotopic (exact) mass is 368 g/mol. The molecular weight excluding hydrogens is 348 g/mol. The number of carboxylic acid groups (broad SMARTS) is 1. The highest BCUT2D eigenvalue weighted by atomic mass is 16.4. The van der Waals surface area contributed by atoms with Crippen LogP contribution < -0.4 is 0 Å². The number of hydrogen-bond acceptors (Lipinski definition) is 2. The van der Waals surface area contributed by atoms with Crippen molar-refractivity contribution in [2.75, 3.05) is 0 Å². The van der Waals surface area contributed by atoms with Crippen LogP contribution in [0.5, 0.6) is 0 Å². The van der Waals surface area contributed by atoms with Crippen molar-refractivity contribution in [3.05, 3.63) is 90.5 Å². The summed E-state index contributed by atoms with van der Waals surface area (Å²) in [5.41, 5.74) is 5.07. The average Bonchev–Trinajstić information content (AvgIpc) is 3.11. The molecular formula is C24H20N2O2. The predicted octanol–water partition coefficient (Wildman–Crippen LogP) is 5.57. The van der Waals surface area contributed by atoms with Gasteiger partial charge >= 0.3 is 5.97 Å². The fraction of sp³-hybridized carbons (Fsp3) is 0.0833. The Bertz CT molecular complexity index is 1130. The van der Waals surface area contributed by atoms with Gasteiger partial charge in [-0.3, -0.25) is 9.36 Å². The molecule has 4 nitrogen and oxygen atoms in total. The van der Waals surface area contributed by atoms with E-state index < -0.39 is 5.97 Å². The molecule has 0 fully saturated rings. The van der Waals surface area contributed by atoms with Crippen LogP contribution in [0.15, 0.2) is 84.9 Å². The summed E-state index contributed by atoms with van der Waals surface area (Å²) in [4.78, 5) is 15.6. The van der Waals surface area contributed by atoms with E-state index in [4.69, 9.17) is 10.1 Å². The van der Waals surface area contributed by atoms with Crippen LogP contribution in [0.2, 0.25) is 0 Å². The molecule has 0 spiro atoms. The van der Waals surface area contributed by atoms with E-state index >= 15 is 0 Å². The van der Waals surface area contributed by atoms with Crippen molar-refractivity contribution >= 4 is 23.1 Å². The molecule has 28 heavy (non-hydrogen) atoms. The summed E-state index contributed by atoms with van der Waals surface area (Å²) in [7, 11) is 0. The molecule has 0 atom stereocenters. The standard InChI is InChI=1S/C24H20N2O2/c27-23(28)14-8-7-9-18-15-16-21-22(17-18)26(20-12-5-2-6-13-20)24(25-21)19-10-3-1-4-11-19/h1-7,9-13,15-17H,8,14H2,(H,27,28)/b9-7+. The summed E-state index contributed by atoms with van der Waals surface area (Å²) in [6.07, 6.45) is 4.52. The van der Waals surface area contributed by atoms with Gasteiger partial charge in [0.2, 0.25) is 0 Å². The molecule has 138 valence electrons. The zero-order valence-electron chi connectivity index (χ0n) is 15.3. The first kappa shape index (κ1) is 17.7. The lowest BCUT2D eigenvalue weighted by Crippen LogP contribution is -1.97. The van der Waals surface area contributed by atoms with Gasteiger partial charge in [-0.25, -0.2) is 4.98 Å². The second-order valence-electron chi connectivity index (χ2n) is 6.56. The first-order valence-electron chi connectivity index (χ1n) is 9.24. The summed E-state index contributed by atoms with van der Waals surface area (Å²) < 4.78 is 2.17. The van der Waals surface area contributed by atoms with Crippen LogP contribution in [0.25, 0.3) is 34.2 Å². The molecule has 0 unspecified atom stereocenters. The quantitative estimate of drug-likeness (QED) is 0.484. The molecule has 4 aromatic rings. The number of para-hydroxylation sites is 1. The van der Waals surface area contributed by atoms with Crippen molar-refractivity contribution in [2.45, 2.75) is 12.8 Å². The van der Waals surface area contributed by atoms with Gasteiger partial charge in [-0.1, -0.05) is 66.7 Å². The zero-order valence-corrected chi connectivity index (χ0v) is 15.3. The molecule has 0 aliphatic carbocycles. The van der Waals surface area contributed by atoms with Crippen LogP contribution >= 0.6 is 0 Å². The normalized spacial score (nSPS) is 11.3. The van der Waals surface area contributed by atoms with Gasteiger partial charge in [0, 0.05) is 17.7 Å². The number of carboxylic acids is 1. The number of carbonyl (C=O) groups is 1. The fourth-order valence-corrected chi connectivity index (χ4v) is 3.24. The topological polar surface area (TPSA) is 55.1 Å². The van der Waals surface area contributed by atoms with Crippen LogP contribution in [0.4, 0.5) is 0 Å². The third-order valence-electron chi connectivity index (χ3n) is 4.56. The number of allylic oxidation sites excluding steroid dienone is 1. The minimum Gasteiger partial charge on any atom is -0.481 e. The lowest BCUT2D eigenvalue weighted by Gasteiger charge is -2.09. The molecule has 4 rings (SSSR count). The Labute approximate surface area is 163 Å². The molecule has 1 N–H and O–H groups in total. The lowest BCUT2D eigenvalue weighted by atomic mass is 10.1. The number of benzene rings is 3. The first-order chi connectivity index (χ1) is 13.7. The van der Waals surface area contributed by atoms with Gasteiger partial charge in [-0.2, -0.15) is 0 Å². The van der Waals surface area contributed by atoms with E-state index in [0.717, 1.165) is 33.7 Å². The maximum absolute atomic E-state index is 10.7. The lowest BCUT2D eigenvalue weighted by molar-refractivity contribution is -0.136. The molecule has 3 aromatic carbocycles. The Morgan fingerprint density at radius 1 is 0.964 bits per heavy atom. The van der Waals surface area contributed by atoms with E-state index in [1.807, 2.05) is 60.7 Å². The molecule has 4 heteroatoms. The van der Waals surface area contributed by atoms with E-state index in [2.05, 4.69) is 34.9 Å². The number of rotatable bonds is 6. The molecule has 0 radical (unpaired) electrons. The van der Waals surface area contributed by atoms with Crippen molar-refractivity contribution in [3.8, 4) is 17.1 Å². The Balaban J connectivity index is 1.83. The van der Waals surface area contributed by atoms with E-state index in [0.29, 0.717) is 6.42 Å². The van der Waals surface area contributed by atoms with E-state index in [1.165, 1.54) is 0 Å². The highest BCUT2D eigenvalue weighted by Crippen LogP contribution is 2.29. The molecule has 0 aliphatic rings. The first-order valence-corrected chi connectivity index (χ1v) is 9.24. The van der Waals surface area contributed by atoms with Crippen molar-refractivity contribution in [2.24, 2.45) is 0 Å². The van der Waals surface area contributed by atoms with Crippen LogP contribution in [0.3, 0.4) is 0 Å². The third-order valence-corrected chi connectivity index (χ3v) is 4.56. The van der Waals surface area contributed by atoms with Gasteiger partial charge in [-0.15, -0.1) is 0 Å². The molecule has 1 aromatic heterocycles. The Morgan fingerprint density at radius 2 is 1.68 bits per heavy atom. The number of imidazole rings is 1. The van der Waals surface area contributed by atoms with Crippen LogP contribution in [-0.2, 0) is 4.79 Å². The van der Waals surface area contributed by atoms with Crippen molar-refractivity contribution in [1.29, 1.82) is 0 Å². The fourth-order valence-electron chi connectivity index (χ4n) is 3.24. The average molecular weight is 368 g/mol. The maximum Gasteiger partial charge on any atom is 0.303 e. The smallest absolute Gasteiger partial charge is 0.303 e. The number of hydrogen-bond donors (Lipinski definition) is 1. The Kier molecular flexibility index (Phi) is 5.02. The minimum absolute atomic E-state index is 0.138. The van der Waals surface area contributed by atoms with Gasteiger partial charge in [0.15, 0.2) is 0 Å². The van der Waals surface area contributed by atoms with Gasteiger partial charge in [0.05, 0.1) is 11.0 Å². The van der Waals surface area contributed by atoms with Crippen molar-refractivity contribution < 1.29 is 9.90 Å². The van der Waals surface area contributed by atoms with Gasteiger partial charge in [0.25, 0.3) is 0 Å². The molecule has 0 bridgehead atoms. The molecule has 0 amide bonds. The van der Waals surface area contributed by atoms with E-state index in [9.17, 15) is 4.79 Å². The van der Waals surface area contributed by atoms with Crippen LogP contribution in [0.1, 0.15) is 18.4 Å². The largest absolute Gasteiger partial charge is 0.481 e. The number of aromatic nitrogens is 2. The third kappa shape index (κ3) is 3.71. The Morgan fingerprint density at radius 3 is 2.39 bits per heavy atom. The van der Waals surface area contributed by atoms with Crippen LogP contribution in [-0.4, -0.2) is 20.6 Å². The van der Waals surface area contributed by atoms with Crippen LogP contribution in [0, 0.1) is 0 Å². The second kappa shape index (κ2) is 7.92. The van der Waals surface area contributed by atoms with E-state index in [-0.39, 0.29) is 6.42 Å². The summed E-state index contributed by atoms with van der Waals surface area (Å²) in [5.74, 6) is 0.114. The van der Waals surface area contributed by atoms with Gasteiger partial charge in [-0.05, 0) is 36.2 Å². The summed E-state index contributed by atoms with van der Waals surface area (Å²) >= 11 is 0. The SMILES string of the molecule is O=C(O)CC/C=C/c1ccc2nc(-c3ccccc3)n(-c3ccccc3)c2c1. The summed E-state index contributed by atoms with van der Waals surface area (Å²) in [6.45, 7) is 0. The van der Waals surface area contributed by atoms with Gasteiger partial charge in [0.1, 0.15) is 5.82 Å². The number of aliphatic carboxylic acids is 1. The van der Waals surface area contributed by atoms with Crippen molar-refractivity contribution in [3.63, 3.8) is 0 Å². The predicted molar refractivity (Wildman–Crippen MR) is 112 cm³/mol. The van der Waals surface area contributed by atoms with Gasteiger partial charge < -0.3 is 5.11 Å². The second-order valence-corrected chi connectivity index (χ2v) is 6.56. The molecule has 0 aliphatic heterocycles. The highest BCUT2D eigenvalue weighted by Gasteiger charge is 2.14. The minimum atomic E-state index is -0.783. The van der Waals surface area contributed by atoms with Crippen molar-refractivity contribution in [1.82, 2.24) is 9.55 Å². The number of fused-ring (bicyclic) bond motifs is 1. The Hall–Kier alpha value is -3.66. The number of nitrogens with zero attached hydrogens (tertiary/aromatic N) is 2. The highest BCUT2D eigenvalue weighted by molar-refractivity contribution is 5.85. The molecule has 1 heterocycles. The molecule has 0 saturated carbocycles. The summed E-state index contributed by atoms with van der Waals surface area (Å²) in [5, 5.41) is 8.78. The van der Waals surface area contributed by atoms with E-state index in [1.54, 1.807) is 0 Å². The summed E-state index contributed by atoms with van der Waals surface area (Å²) in [6, 6.07) is 26.5. The zero-order chi connectivity index (χ0) is 19.3.